The summed E-state index contributed by atoms with van der Waals surface area (Å²) in [6.45, 7) is 2.24. The lowest BCUT2D eigenvalue weighted by Gasteiger charge is -2.05. The highest BCUT2D eigenvalue weighted by Crippen LogP contribution is 2.09. The van der Waals surface area contributed by atoms with Gasteiger partial charge < -0.3 is 14.6 Å². The molecule has 0 aromatic carbocycles. The summed E-state index contributed by atoms with van der Waals surface area (Å²) >= 11 is 0. The molecule has 0 saturated carbocycles. The molecule has 0 aliphatic rings. The van der Waals surface area contributed by atoms with Gasteiger partial charge in [0.05, 0.1) is 13.2 Å². The maximum Gasteiger partial charge on any atom is 0.330 e. The SMILES string of the molecule is CC=CC(=O)OCCCOC(=O)CCCCCCCCC(=O)O. The van der Waals surface area contributed by atoms with E-state index in [9.17, 15) is 14.4 Å². The smallest absolute Gasteiger partial charge is 0.330 e. The molecule has 0 saturated heterocycles. The maximum atomic E-state index is 11.4. The molecule has 1 N–H and O–H groups in total. The van der Waals surface area contributed by atoms with E-state index in [1.54, 1.807) is 13.0 Å². The van der Waals surface area contributed by atoms with Gasteiger partial charge in [0, 0.05) is 25.3 Å². The van der Waals surface area contributed by atoms with Gasteiger partial charge in [-0.2, -0.15) is 0 Å². The fraction of sp³-hybridized carbons (Fsp3) is 0.706. The molecule has 0 unspecified atom stereocenters. The maximum absolute atomic E-state index is 11.4. The molecular formula is C17H28O6. The van der Waals surface area contributed by atoms with E-state index in [0.717, 1.165) is 38.5 Å². The number of esters is 2. The Morgan fingerprint density at radius 2 is 1.39 bits per heavy atom. The largest absolute Gasteiger partial charge is 0.481 e. The van der Waals surface area contributed by atoms with Crippen LogP contribution in [0.5, 0.6) is 0 Å². The van der Waals surface area contributed by atoms with Gasteiger partial charge in [-0.15, -0.1) is 0 Å². The zero-order valence-corrected chi connectivity index (χ0v) is 13.9. The van der Waals surface area contributed by atoms with Gasteiger partial charge in [-0.25, -0.2) is 4.79 Å². The van der Waals surface area contributed by atoms with Crippen molar-refractivity contribution in [2.24, 2.45) is 0 Å². The van der Waals surface area contributed by atoms with Crippen molar-refractivity contribution < 1.29 is 29.0 Å². The summed E-state index contributed by atoms with van der Waals surface area (Å²) < 4.78 is 9.91. The molecule has 0 aliphatic heterocycles. The summed E-state index contributed by atoms with van der Waals surface area (Å²) in [5, 5.41) is 8.49. The first-order valence-electron chi connectivity index (χ1n) is 8.23. The van der Waals surface area contributed by atoms with Crippen LogP contribution in [0.4, 0.5) is 0 Å². The Morgan fingerprint density at radius 3 is 2.00 bits per heavy atom. The highest BCUT2D eigenvalue weighted by Gasteiger charge is 2.03. The fourth-order valence-electron chi connectivity index (χ4n) is 1.93. The molecule has 0 bridgehead atoms. The first kappa shape index (κ1) is 21.1. The summed E-state index contributed by atoms with van der Waals surface area (Å²) in [7, 11) is 0. The second-order valence-electron chi connectivity index (χ2n) is 5.26. The molecule has 0 aromatic rings. The number of carboxylic acid groups (broad SMARTS) is 1. The predicted octanol–water partition coefficient (Wildman–Crippen LogP) is 3.24. The molecule has 132 valence electrons. The first-order valence-corrected chi connectivity index (χ1v) is 8.23. The summed E-state index contributed by atoms with van der Waals surface area (Å²) in [5.74, 6) is -1.36. The Kier molecular flexibility index (Phi) is 13.8. The van der Waals surface area contributed by atoms with Gasteiger partial charge in [-0.3, -0.25) is 9.59 Å². The van der Waals surface area contributed by atoms with E-state index in [0.29, 0.717) is 12.8 Å². The van der Waals surface area contributed by atoms with Crippen LogP contribution in [0.15, 0.2) is 12.2 Å². The number of carbonyl (C=O) groups is 3. The molecule has 0 aliphatic carbocycles. The van der Waals surface area contributed by atoms with Crippen molar-refractivity contribution in [3.05, 3.63) is 12.2 Å². The van der Waals surface area contributed by atoms with E-state index in [1.807, 2.05) is 0 Å². The average Bonchev–Trinajstić information content (AvgIpc) is 2.49. The van der Waals surface area contributed by atoms with Crippen molar-refractivity contribution in [3.63, 3.8) is 0 Å². The molecule has 0 atom stereocenters. The molecule has 0 rings (SSSR count). The molecule has 0 heterocycles. The molecule has 6 heteroatoms. The second-order valence-corrected chi connectivity index (χ2v) is 5.26. The Morgan fingerprint density at radius 1 is 0.826 bits per heavy atom. The van der Waals surface area contributed by atoms with Crippen LogP contribution < -0.4 is 0 Å². The number of rotatable bonds is 14. The molecule has 0 radical (unpaired) electrons. The lowest BCUT2D eigenvalue weighted by Crippen LogP contribution is -2.09. The summed E-state index contributed by atoms with van der Waals surface area (Å²) in [6.07, 6.45) is 9.45. The van der Waals surface area contributed by atoms with Gasteiger partial charge in [0.1, 0.15) is 0 Å². The van der Waals surface area contributed by atoms with Gasteiger partial charge in [0.15, 0.2) is 0 Å². The Labute approximate surface area is 137 Å². The van der Waals surface area contributed by atoms with Crippen molar-refractivity contribution in [2.75, 3.05) is 13.2 Å². The Bertz CT molecular complexity index is 375. The number of aliphatic carboxylic acids is 1. The molecule has 6 nitrogen and oxygen atoms in total. The van der Waals surface area contributed by atoms with Crippen LogP contribution in [0.25, 0.3) is 0 Å². The lowest BCUT2D eigenvalue weighted by atomic mass is 10.1. The number of carboxylic acids is 1. The lowest BCUT2D eigenvalue weighted by molar-refractivity contribution is -0.144. The summed E-state index contributed by atoms with van der Waals surface area (Å²) in [6, 6.07) is 0. The molecule has 0 amide bonds. The molecule has 23 heavy (non-hydrogen) atoms. The topological polar surface area (TPSA) is 89.9 Å². The van der Waals surface area contributed by atoms with Crippen LogP contribution in [0.3, 0.4) is 0 Å². The Hall–Kier alpha value is -1.85. The highest BCUT2D eigenvalue weighted by atomic mass is 16.5. The predicted molar refractivity (Wildman–Crippen MR) is 85.9 cm³/mol. The van der Waals surface area contributed by atoms with Gasteiger partial charge in [-0.05, 0) is 19.8 Å². The van der Waals surface area contributed by atoms with Crippen LogP contribution in [-0.2, 0) is 23.9 Å². The van der Waals surface area contributed by atoms with E-state index >= 15 is 0 Å². The standard InChI is InChI=1S/C17H28O6/c1-2-10-16(20)22-13-9-14-23-17(21)12-8-6-4-3-5-7-11-15(18)19/h2,10H,3-9,11-14H2,1H3,(H,18,19). The summed E-state index contributed by atoms with van der Waals surface area (Å²) in [5.41, 5.74) is 0. The van der Waals surface area contributed by atoms with Crippen LogP contribution in [0, 0.1) is 0 Å². The van der Waals surface area contributed by atoms with Gasteiger partial charge in [-0.1, -0.05) is 31.8 Å². The molecule has 0 fully saturated rings. The third-order valence-electron chi connectivity index (χ3n) is 3.12. The normalized spacial score (nSPS) is 10.7. The number of carbonyl (C=O) groups excluding carboxylic acids is 2. The number of hydrogen-bond acceptors (Lipinski definition) is 5. The molecule has 0 aromatic heterocycles. The van der Waals surface area contributed by atoms with E-state index in [-0.39, 0.29) is 31.6 Å². The zero-order valence-electron chi connectivity index (χ0n) is 13.9. The quantitative estimate of drug-likeness (QED) is 0.299. The number of allylic oxidation sites excluding steroid dienone is 1. The minimum atomic E-state index is -0.746. The fourth-order valence-corrected chi connectivity index (χ4v) is 1.93. The number of unbranched alkanes of at least 4 members (excludes halogenated alkanes) is 5. The highest BCUT2D eigenvalue weighted by molar-refractivity contribution is 5.81. The molecule has 0 spiro atoms. The van der Waals surface area contributed by atoms with Gasteiger partial charge in [0.2, 0.25) is 0 Å². The minimum Gasteiger partial charge on any atom is -0.481 e. The summed E-state index contributed by atoms with van der Waals surface area (Å²) in [4.78, 5) is 32.8. The third kappa shape index (κ3) is 16.3. The van der Waals surface area contributed by atoms with E-state index in [2.05, 4.69) is 0 Å². The van der Waals surface area contributed by atoms with Gasteiger partial charge in [0.25, 0.3) is 0 Å². The van der Waals surface area contributed by atoms with Crippen LogP contribution in [-0.4, -0.2) is 36.2 Å². The van der Waals surface area contributed by atoms with Crippen molar-refractivity contribution in [3.8, 4) is 0 Å². The first-order chi connectivity index (χ1) is 11.1. The number of ether oxygens (including phenoxy) is 2. The van der Waals surface area contributed by atoms with E-state index in [4.69, 9.17) is 14.6 Å². The van der Waals surface area contributed by atoms with E-state index in [1.165, 1.54) is 6.08 Å². The van der Waals surface area contributed by atoms with Crippen LogP contribution in [0.1, 0.15) is 64.7 Å². The second kappa shape index (κ2) is 15.1. The van der Waals surface area contributed by atoms with Crippen molar-refractivity contribution in [2.45, 2.75) is 64.7 Å². The van der Waals surface area contributed by atoms with Crippen molar-refractivity contribution in [1.29, 1.82) is 0 Å². The zero-order chi connectivity index (χ0) is 17.3. The minimum absolute atomic E-state index is 0.226. The monoisotopic (exact) mass is 328 g/mol. The average molecular weight is 328 g/mol. The van der Waals surface area contributed by atoms with Gasteiger partial charge >= 0.3 is 17.9 Å². The van der Waals surface area contributed by atoms with Crippen molar-refractivity contribution in [1.82, 2.24) is 0 Å². The third-order valence-corrected chi connectivity index (χ3v) is 3.12. The van der Waals surface area contributed by atoms with Crippen LogP contribution >= 0.6 is 0 Å². The van der Waals surface area contributed by atoms with Crippen molar-refractivity contribution >= 4 is 17.9 Å². The Balaban J connectivity index is 3.31. The van der Waals surface area contributed by atoms with E-state index < -0.39 is 5.97 Å². The van der Waals surface area contributed by atoms with Crippen LogP contribution in [0.2, 0.25) is 0 Å². The molecular weight excluding hydrogens is 300 g/mol. The number of hydrogen-bond donors (Lipinski definition) is 1.